The van der Waals surface area contributed by atoms with Gasteiger partial charge in [-0.3, -0.25) is 19.3 Å². The number of nitrogens with one attached hydrogen (secondary N) is 3. The van der Waals surface area contributed by atoms with Crippen LogP contribution >= 0.6 is 0 Å². The van der Waals surface area contributed by atoms with Crippen molar-refractivity contribution in [3.63, 3.8) is 0 Å². The van der Waals surface area contributed by atoms with Gasteiger partial charge in [0.2, 0.25) is 11.8 Å². The molecule has 1 aliphatic carbocycles. The second-order valence-corrected chi connectivity index (χ2v) is 7.38. The molecule has 8 heteroatoms. The van der Waals surface area contributed by atoms with E-state index >= 15 is 0 Å². The molecule has 26 heavy (non-hydrogen) atoms. The molecular weight excluding hydrogens is 336 g/mol. The third kappa shape index (κ3) is 3.75. The third-order valence-corrected chi connectivity index (χ3v) is 5.35. The first-order chi connectivity index (χ1) is 12.6. The fraction of sp³-hybridized carbons (Fsp3) is 0.611. The summed E-state index contributed by atoms with van der Waals surface area (Å²) in [4.78, 5) is 38.5. The van der Waals surface area contributed by atoms with Crippen LogP contribution in [-0.2, 0) is 9.59 Å². The van der Waals surface area contributed by atoms with Gasteiger partial charge in [0.15, 0.2) is 5.76 Å². The summed E-state index contributed by atoms with van der Waals surface area (Å²) in [6.07, 6.45) is 5.36. The Kier molecular flexibility index (Phi) is 4.67. The van der Waals surface area contributed by atoms with Gasteiger partial charge in [0.25, 0.3) is 5.91 Å². The molecule has 1 aromatic heterocycles. The highest BCUT2D eigenvalue weighted by Crippen LogP contribution is 2.26. The van der Waals surface area contributed by atoms with E-state index in [2.05, 4.69) is 20.9 Å². The lowest BCUT2D eigenvalue weighted by Crippen LogP contribution is -2.58. The highest BCUT2D eigenvalue weighted by Gasteiger charge is 2.44. The highest BCUT2D eigenvalue weighted by atomic mass is 16.3. The van der Waals surface area contributed by atoms with Crippen molar-refractivity contribution in [2.24, 2.45) is 0 Å². The highest BCUT2D eigenvalue weighted by molar-refractivity contribution is 5.91. The molecule has 0 aromatic carbocycles. The predicted molar refractivity (Wildman–Crippen MR) is 92.3 cm³/mol. The van der Waals surface area contributed by atoms with Crippen LogP contribution in [0.1, 0.15) is 42.7 Å². The Morgan fingerprint density at radius 1 is 1.27 bits per heavy atom. The fourth-order valence-electron chi connectivity index (χ4n) is 3.84. The van der Waals surface area contributed by atoms with E-state index in [4.69, 9.17) is 4.42 Å². The molecule has 3 fully saturated rings. The van der Waals surface area contributed by atoms with Crippen molar-refractivity contribution < 1.29 is 18.8 Å². The molecule has 2 saturated heterocycles. The molecule has 1 aromatic rings. The average Bonchev–Trinajstić information content (AvgIpc) is 3.11. The average molecular weight is 360 g/mol. The van der Waals surface area contributed by atoms with Gasteiger partial charge in [-0.15, -0.1) is 0 Å². The molecule has 0 unspecified atom stereocenters. The normalized spacial score (nSPS) is 28.3. The minimum absolute atomic E-state index is 0.00145. The minimum atomic E-state index is -0.263. The van der Waals surface area contributed by atoms with E-state index in [1.807, 2.05) is 0 Å². The summed E-state index contributed by atoms with van der Waals surface area (Å²) < 4.78 is 5.12. The first kappa shape index (κ1) is 17.1. The number of fused-ring (bicyclic) bond motifs is 1. The first-order valence-electron chi connectivity index (χ1n) is 9.27. The van der Waals surface area contributed by atoms with Crippen molar-refractivity contribution in [2.45, 2.75) is 56.3 Å². The van der Waals surface area contributed by atoms with Gasteiger partial charge in [-0.25, -0.2) is 0 Å². The standard InChI is InChI=1S/C18H24N4O4/c23-16(20-11-3-4-11)6-5-13-9-19-17(24)14-8-12(10-22(13)14)21-18(25)15-2-1-7-26-15/h1-2,7,11-14H,3-6,8-10H2,(H,19,24)(H,20,23)(H,21,25)/t12-,13-,14+/m1/s1. The zero-order chi connectivity index (χ0) is 18.1. The van der Waals surface area contributed by atoms with E-state index in [9.17, 15) is 14.4 Å². The van der Waals surface area contributed by atoms with Crippen LogP contribution in [0.4, 0.5) is 0 Å². The number of hydrogen-bond donors (Lipinski definition) is 3. The van der Waals surface area contributed by atoms with E-state index in [-0.39, 0.29) is 41.6 Å². The van der Waals surface area contributed by atoms with Crippen molar-refractivity contribution in [1.82, 2.24) is 20.9 Å². The number of carbonyl (C=O) groups is 3. The molecule has 1 saturated carbocycles. The third-order valence-electron chi connectivity index (χ3n) is 5.35. The molecule has 0 radical (unpaired) electrons. The topological polar surface area (TPSA) is 104 Å². The Balaban J connectivity index is 1.33. The molecular formula is C18H24N4O4. The number of nitrogens with zero attached hydrogens (tertiary/aromatic N) is 1. The van der Waals surface area contributed by atoms with Crippen molar-refractivity contribution in [2.75, 3.05) is 13.1 Å². The second kappa shape index (κ2) is 7.11. The summed E-state index contributed by atoms with van der Waals surface area (Å²) >= 11 is 0. The van der Waals surface area contributed by atoms with Gasteiger partial charge in [0.05, 0.1) is 12.3 Å². The Labute approximate surface area is 151 Å². The lowest BCUT2D eigenvalue weighted by Gasteiger charge is -2.37. The predicted octanol–water partition coefficient (Wildman–Crippen LogP) is 0.00950. The van der Waals surface area contributed by atoms with E-state index in [1.165, 1.54) is 6.26 Å². The number of amides is 3. The summed E-state index contributed by atoms with van der Waals surface area (Å²) in [5.41, 5.74) is 0. The number of carbonyl (C=O) groups excluding carboxylic acids is 3. The Morgan fingerprint density at radius 2 is 2.12 bits per heavy atom. The van der Waals surface area contributed by atoms with Gasteiger partial charge in [0.1, 0.15) is 0 Å². The lowest BCUT2D eigenvalue weighted by molar-refractivity contribution is -0.129. The van der Waals surface area contributed by atoms with Gasteiger partial charge in [-0.05, 0) is 37.8 Å². The van der Waals surface area contributed by atoms with Crippen LogP contribution in [0.3, 0.4) is 0 Å². The zero-order valence-corrected chi connectivity index (χ0v) is 14.6. The Bertz CT molecular complexity index is 685. The quantitative estimate of drug-likeness (QED) is 0.663. The maximum atomic E-state index is 12.2. The monoisotopic (exact) mass is 360 g/mol. The summed E-state index contributed by atoms with van der Waals surface area (Å²) in [5, 5.41) is 8.88. The van der Waals surface area contributed by atoms with Gasteiger partial charge < -0.3 is 20.4 Å². The summed E-state index contributed by atoms with van der Waals surface area (Å²) in [6.45, 7) is 1.16. The van der Waals surface area contributed by atoms with E-state index in [0.717, 1.165) is 12.8 Å². The van der Waals surface area contributed by atoms with Crippen molar-refractivity contribution in [3.05, 3.63) is 24.2 Å². The molecule has 8 nitrogen and oxygen atoms in total. The zero-order valence-electron chi connectivity index (χ0n) is 14.6. The van der Waals surface area contributed by atoms with Crippen LogP contribution in [0.2, 0.25) is 0 Å². The van der Waals surface area contributed by atoms with Crippen LogP contribution in [0.5, 0.6) is 0 Å². The summed E-state index contributed by atoms with van der Waals surface area (Å²) in [7, 11) is 0. The lowest BCUT2D eigenvalue weighted by atomic mass is 10.0. The Hall–Kier alpha value is -2.35. The van der Waals surface area contributed by atoms with Crippen LogP contribution in [0.15, 0.2) is 22.8 Å². The van der Waals surface area contributed by atoms with E-state index in [1.54, 1.807) is 12.1 Å². The van der Waals surface area contributed by atoms with Crippen LogP contribution in [-0.4, -0.2) is 59.9 Å². The summed E-state index contributed by atoms with van der Waals surface area (Å²) in [6, 6.07) is 3.42. The molecule has 4 rings (SSSR count). The van der Waals surface area contributed by atoms with Gasteiger partial charge in [-0.1, -0.05) is 0 Å². The van der Waals surface area contributed by atoms with E-state index < -0.39 is 0 Å². The van der Waals surface area contributed by atoms with E-state index in [0.29, 0.717) is 38.4 Å². The Morgan fingerprint density at radius 3 is 2.85 bits per heavy atom. The van der Waals surface area contributed by atoms with Gasteiger partial charge in [-0.2, -0.15) is 0 Å². The van der Waals surface area contributed by atoms with Crippen molar-refractivity contribution in [1.29, 1.82) is 0 Å². The van der Waals surface area contributed by atoms with Crippen molar-refractivity contribution >= 4 is 17.7 Å². The smallest absolute Gasteiger partial charge is 0.287 e. The van der Waals surface area contributed by atoms with Crippen molar-refractivity contribution in [3.8, 4) is 0 Å². The molecule has 3 aliphatic rings. The maximum absolute atomic E-state index is 12.2. The van der Waals surface area contributed by atoms with Gasteiger partial charge in [0, 0.05) is 37.6 Å². The first-order valence-corrected chi connectivity index (χ1v) is 9.27. The molecule has 3 atom stereocenters. The molecule has 0 bridgehead atoms. The number of hydrogen-bond acceptors (Lipinski definition) is 5. The number of rotatable bonds is 6. The number of furan rings is 1. The molecule has 140 valence electrons. The molecule has 3 N–H and O–H groups in total. The summed E-state index contributed by atoms with van der Waals surface area (Å²) in [5.74, 6) is 0.0921. The second-order valence-electron chi connectivity index (χ2n) is 7.38. The maximum Gasteiger partial charge on any atom is 0.287 e. The van der Waals surface area contributed by atoms with Gasteiger partial charge >= 0.3 is 0 Å². The van der Waals surface area contributed by atoms with Crippen LogP contribution in [0, 0.1) is 0 Å². The molecule has 3 amide bonds. The fourth-order valence-corrected chi connectivity index (χ4v) is 3.84. The largest absolute Gasteiger partial charge is 0.459 e. The SMILES string of the molecule is O=C(CC[C@@H]1CNC(=O)[C@@H]2C[C@@H](NC(=O)c3ccco3)CN12)NC1CC1. The number of piperazine rings is 1. The molecule has 0 spiro atoms. The minimum Gasteiger partial charge on any atom is -0.459 e. The van der Waals surface area contributed by atoms with Crippen LogP contribution < -0.4 is 16.0 Å². The molecule has 2 aliphatic heterocycles. The molecule has 3 heterocycles. The van der Waals surface area contributed by atoms with Crippen LogP contribution in [0.25, 0.3) is 0 Å².